The topological polar surface area (TPSA) is 54.0 Å². The Kier molecular flexibility index (Phi) is 5.17. The summed E-state index contributed by atoms with van der Waals surface area (Å²) in [5.74, 6) is 0.703. The lowest BCUT2D eigenvalue weighted by Crippen LogP contribution is -2.10. The zero-order chi connectivity index (χ0) is 15.2. The molecule has 110 valence electrons. The summed E-state index contributed by atoms with van der Waals surface area (Å²) >= 11 is 6.08. The lowest BCUT2D eigenvalue weighted by atomic mass is 10.2. The van der Waals surface area contributed by atoms with Gasteiger partial charge in [-0.15, -0.1) is 0 Å². The Labute approximate surface area is 129 Å². The van der Waals surface area contributed by atoms with Gasteiger partial charge >= 0.3 is 0 Å². The molecule has 4 nitrogen and oxygen atoms in total. The van der Waals surface area contributed by atoms with Crippen molar-refractivity contribution in [3.8, 4) is 0 Å². The summed E-state index contributed by atoms with van der Waals surface area (Å²) < 4.78 is 0. The predicted octanol–water partition coefficient (Wildman–Crippen LogP) is 4.53. The normalized spacial score (nSPS) is 10.2. The van der Waals surface area contributed by atoms with Gasteiger partial charge in [0.15, 0.2) is 0 Å². The Balaban J connectivity index is 2.01. The number of benzene rings is 1. The van der Waals surface area contributed by atoms with Gasteiger partial charge < -0.3 is 10.6 Å². The quantitative estimate of drug-likeness (QED) is 0.853. The molecular weight excluding hydrogens is 286 g/mol. The molecule has 2 N–H and O–H groups in total. The first-order valence-corrected chi connectivity index (χ1v) is 7.25. The van der Waals surface area contributed by atoms with Crippen molar-refractivity contribution >= 4 is 34.7 Å². The molecule has 0 unspecified atom stereocenters. The first-order valence-electron chi connectivity index (χ1n) is 6.87. The molecule has 21 heavy (non-hydrogen) atoms. The molecule has 0 bridgehead atoms. The minimum Gasteiger partial charge on any atom is -0.340 e. The van der Waals surface area contributed by atoms with E-state index in [1.807, 2.05) is 44.2 Å². The summed E-state index contributed by atoms with van der Waals surface area (Å²) in [4.78, 5) is 15.8. The molecule has 0 fully saturated rings. The summed E-state index contributed by atoms with van der Waals surface area (Å²) in [6, 6.07) is 9.38. The number of hydrogen-bond donors (Lipinski definition) is 2. The van der Waals surface area contributed by atoms with E-state index >= 15 is 0 Å². The fourth-order valence-electron chi connectivity index (χ4n) is 1.81. The minimum atomic E-state index is 0.00493. The molecule has 2 rings (SSSR count). The average Bonchev–Trinajstić information content (AvgIpc) is 2.45. The van der Waals surface area contributed by atoms with Crippen molar-refractivity contribution in [2.24, 2.45) is 0 Å². The van der Waals surface area contributed by atoms with E-state index < -0.39 is 0 Å². The average molecular weight is 304 g/mol. The summed E-state index contributed by atoms with van der Waals surface area (Å²) in [6.07, 6.45) is 2.97. The van der Waals surface area contributed by atoms with E-state index in [1.165, 1.54) is 0 Å². The van der Waals surface area contributed by atoms with Gasteiger partial charge in [0.1, 0.15) is 5.82 Å². The van der Waals surface area contributed by atoms with Gasteiger partial charge in [0.2, 0.25) is 5.91 Å². The summed E-state index contributed by atoms with van der Waals surface area (Å²) in [6.45, 7) is 3.93. The smallest absolute Gasteiger partial charge is 0.224 e. The van der Waals surface area contributed by atoms with Crippen LogP contribution in [0.3, 0.4) is 0 Å². The Morgan fingerprint density at radius 1 is 1.24 bits per heavy atom. The van der Waals surface area contributed by atoms with Crippen LogP contribution in [0.5, 0.6) is 0 Å². The molecule has 5 heteroatoms. The highest BCUT2D eigenvalue weighted by molar-refractivity contribution is 6.31. The maximum Gasteiger partial charge on any atom is 0.224 e. The largest absolute Gasteiger partial charge is 0.340 e. The lowest BCUT2D eigenvalue weighted by molar-refractivity contribution is -0.116. The zero-order valence-corrected chi connectivity index (χ0v) is 12.9. The maximum absolute atomic E-state index is 11.5. The van der Waals surface area contributed by atoms with E-state index in [9.17, 15) is 4.79 Å². The molecule has 0 aliphatic rings. The van der Waals surface area contributed by atoms with Crippen molar-refractivity contribution in [1.29, 1.82) is 0 Å². The van der Waals surface area contributed by atoms with Gasteiger partial charge in [0.25, 0.3) is 0 Å². The van der Waals surface area contributed by atoms with E-state index in [0.29, 0.717) is 22.9 Å². The predicted molar refractivity (Wildman–Crippen MR) is 87.2 cm³/mol. The Bertz CT molecular complexity index is 626. The van der Waals surface area contributed by atoms with Crippen LogP contribution in [0.15, 0.2) is 36.5 Å². The maximum atomic E-state index is 11.5. The number of halogens is 1. The molecule has 0 atom stereocenters. The van der Waals surface area contributed by atoms with Crippen molar-refractivity contribution in [3.63, 3.8) is 0 Å². The van der Waals surface area contributed by atoms with Gasteiger partial charge in [-0.2, -0.15) is 0 Å². The van der Waals surface area contributed by atoms with Gasteiger partial charge in [-0.05, 0) is 43.2 Å². The summed E-state index contributed by atoms with van der Waals surface area (Å²) in [7, 11) is 0. The molecule has 0 aliphatic heterocycles. The molecule has 0 spiro atoms. The summed E-state index contributed by atoms with van der Waals surface area (Å²) in [5, 5.41) is 6.68. The van der Waals surface area contributed by atoms with Crippen molar-refractivity contribution < 1.29 is 4.79 Å². The Hall–Kier alpha value is -2.07. The Morgan fingerprint density at radius 3 is 2.62 bits per heavy atom. The summed E-state index contributed by atoms with van der Waals surface area (Å²) in [5.41, 5.74) is 2.60. The van der Waals surface area contributed by atoms with E-state index in [4.69, 9.17) is 11.6 Å². The van der Waals surface area contributed by atoms with Gasteiger partial charge in [-0.25, -0.2) is 4.98 Å². The third kappa shape index (κ3) is 4.46. The van der Waals surface area contributed by atoms with Crippen LogP contribution in [-0.4, -0.2) is 10.9 Å². The molecule has 0 saturated heterocycles. The van der Waals surface area contributed by atoms with E-state index in [1.54, 1.807) is 6.20 Å². The molecule has 1 aromatic carbocycles. The molecule has 1 heterocycles. The fraction of sp³-hybridized carbons (Fsp3) is 0.250. The number of nitrogens with zero attached hydrogens (tertiary/aromatic N) is 1. The molecular formula is C16H18ClN3O. The number of carbonyl (C=O) groups is 1. The van der Waals surface area contributed by atoms with Crippen LogP contribution in [0.25, 0.3) is 0 Å². The number of carbonyl (C=O) groups excluding carboxylic acids is 1. The standard InChI is InChI=1S/C16H18ClN3O/c1-3-4-16(21)20-13-7-8-15(18-10-13)19-12-6-5-11(2)14(17)9-12/h5-10H,3-4H2,1-2H3,(H,18,19)(H,20,21). The van der Waals surface area contributed by atoms with E-state index in [2.05, 4.69) is 15.6 Å². The second-order valence-corrected chi connectivity index (χ2v) is 5.23. The SMILES string of the molecule is CCCC(=O)Nc1ccc(Nc2ccc(C)c(Cl)c2)nc1. The number of amides is 1. The monoisotopic (exact) mass is 303 g/mol. The number of aryl methyl sites for hydroxylation is 1. The first kappa shape index (κ1) is 15.3. The third-order valence-electron chi connectivity index (χ3n) is 2.97. The van der Waals surface area contributed by atoms with E-state index in [-0.39, 0.29) is 5.91 Å². The van der Waals surface area contributed by atoms with Crippen LogP contribution >= 0.6 is 11.6 Å². The van der Waals surface area contributed by atoms with Gasteiger partial charge in [-0.3, -0.25) is 4.79 Å². The number of aromatic nitrogens is 1. The molecule has 0 aliphatic carbocycles. The number of nitrogens with one attached hydrogen (secondary N) is 2. The second kappa shape index (κ2) is 7.09. The number of pyridine rings is 1. The minimum absolute atomic E-state index is 0.00493. The zero-order valence-electron chi connectivity index (χ0n) is 12.1. The number of rotatable bonds is 5. The number of anilines is 3. The highest BCUT2D eigenvalue weighted by Gasteiger charge is 2.02. The van der Waals surface area contributed by atoms with Crippen molar-refractivity contribution in [2.45, 2.75) is 26.7 Å². The van der Waals surface area contributed by atoms with Gasteiger partial charge in [0, 0.05) is 17.1 Å². The molecule has 0 radical (unpaired) electrons. The van der Waals surface area contributed by atoms with Crippen LogP contribution in [0.1, 0.15) is 25.3 Å². The van der Waals surface area contributed by atoms with Crippen LogP contribution in [-0.2, 0) is 4.79 Å². The second-order valence-electron chi connectivity index (χ2n) is 4.82. The van der Waals surface area contributed by atoms with Crippen molar-refractivity contribution in [2.75, 3.05) is 10.6 Å². The molecule has 0 saturated carbocycles. The van der Waals surface area contributed by atoms with Crippen molar-refractivity contribution in [3.05, 3.63) is 47.1 Å². The first-order chi connectivity index (χ1) is 10.1. The highest BCUT2D eigenvalue weighted by atomic mass is 35.5. The van der Waals surface area contributed by atoms with E-state index in [0.717, 1.165) is 17.7 Å². The van der Waals surface area contributed by atoms with Crippen LogP contribution < -0.4 is 10.6 Å². The molecule has 2 aromatic rings. The Morgan fingerprint density at radius 2 is 2.00 bits per heavy atom. The van der Waals surface area contributed by atoms with Gasteiger partial charge in [-0.1, -0.05) is 24.6 Å². The van der Waals surface area contributed by atoms with Crippen LogP contribution in [0, 0.1) is 6.92 Å². The van der Waals surface area contributed by atoms with Crippen molar-refractivity contribution in [1.82, 2.24) is 4.98 Å². The molecule has 1 aromatic heterocycles. The molecule has 1 amide bonds. The van der Waals surface area contributed by atoms with Gasteiger partial charge in [0.05, 0.1) is 11.9 Å². The fourth-order valence-corrected chi connectivity index (χ4v) is 1.99. The third-order valence-corrected chi connectivity index (χ3v) is 3.38. The van der Waals surface area contributed by atoms with Crippen LogP contribution in [0.2, 0.25) is 5.02 Å². The number of hydrogen-bond acceptors (Lipinski definition) is 3. The lowest BCUT2D eigenvalue weighted by Gasteiger charge is -2.08. The van der Waals surface area contributed by atoms with Crippen LogP contribution in [0.4, 0.5) is 17.2 Å². The highest BCUT2D eigenvalue weighted by Crippen LogP contribution is 2.22.